The molecule has 2 N–H and O–H groups in total. The molecule has 1 atom stereocenters. The van der Waals surface area contributed by atoms with Crippen molar-refractivity contribution in [2.24, 2.45) is 0 Å². The number of fused-ring (bicyclic) bond motifs is 1. The van der Waals surface area contributed by atoms with Crippen LogP contribution in [0.3, 0.4) is 0 Å². The molecular formula is C29H28F3N3O2. The number of piperidine rings is 1. The Morgan fingerprint density at radius 2 is 1.84 bits per heavy atom. The van der Waals surface area contributed by atoms with Crippen LogP contribution >= 0.6 is 0 Å². The summed E-state index contributed by atoms with van der Waals surface area (Å²) in [6.45, 7) is 1.71. The number of nitrogens with one attached hydrogen (secondary N) is 2. The van der Waals surface area contributed by atoms with Gasteiger partial charge in [0.1, 0.15) is 5.75 Å². The molecule has 0 saturated carbocycles. The lowest BCUT2D eigenvalue weighted by Gasteiger charge is -2.33. The first kappa shape index (κ1) is 24.7. The summed E-state index contributed by atoms with van der Waals surface area (Å²) in [5.74, 6) is 0.949. The van der Waals surface area contributed by atoms with Gasteiger partial charge in [-0.25, -0.2) is 4.79 Å². The van der Waals surface area contributed by atoms with E-state index in [0.29, 0.717) is 36.9 Å². The van der Waals surface area contributed by atoms with Crippen LogP contribution in [-0.2, 0) is 12.6 Å². The zero-order chi connectivity index (χ0) is 25.8. The molecular weight excluding hydrogens is 479 g/mol. The van der Waals surface area contributed by atoms with Gasteiger partial charge in [0, 0.05) is 42.5 Å². The predicted molar refractivity (Wildman–Crippen MR) is 138 cm³/mol. The minimum Gasteiger partial charge on any atom is -0.493 e. The van der Waals surface area contributed by atoms with Crippen molar-refractivity contribution in [1.82, 2.24) is 9.88 Å². The molecule has 1 aliphatic rings. The molecule has 1 saturated heterocycles. The van der Waals surface area contributed by atoms with E-state index in [1.807, 2.05) is 41.3 Å². The topological polar surface area (TPSA) is 57.4 Å². The standard InChI is InChI=1S/C29H28F3N3O2/c30-29(31,32)23-10-8-20(9-11-23)14-16-37-24-12-13-26-25(17-24)27(18-33-26)34-28(36)35-15-4-7-22(19-35)21-5-2-1-3-6-21/h1-3,5-6,8-13,17-18,22,33H,4,7,14-16,19H2,(H,34,36)/t22-/m1/s1. The summed E-state index contributed by atoms with van der Waals surface area (Å²) in [4.78, 5) is 18.1. The van der Waals surface area contributed by atoms with Gasteiger partial charge >= 0.3 is 12.2 Å². The molecule has 3 aromatic carbocycles. The number of benzene rings is 3. The number of hydrogen-bond acceptors (Lipinski definition) is 2. The van der Waals surface area contributed by atoms with Crippen molar-refractivity contribution in [3.63, 3.8) is 0 Å². The molecule has 192 valence electrons. The molecule has 2 heterocycles. The number of carbonyl (C=O) groups is 1. The van der Waals surface area contributed by atoms with Gasteiger partial charge in [0.15, 0.2) is 0 Å². The number of urea groups is 1. The van der Waals surface area contributed by atoms with E-state index in [4.69, 9.17) is 4.74 Å². The van der Waals surface area contributed by atoms with Gasteiger partial charge in [-0.15, -0.1) is 0 Å². The Hall–Kier alpha value is -3.94. The van der Waals surface area contributed by atoms with Crippen molar-refractivity contribution in [3.8, 4) is 5.75 Å². The molecule has 2 amide bonds. The number of amides is 2. The van der Waals surface area contributed by atoms with E-state index < -0.39 is 11.7 Å². The van der Waals surface area contributed by atoms with Crippen LogP contribution in [-0.4, -0.2) is 35.6 Å². The number of anilines is 1. The largest absolute Gasteiger partial charge is 0.493 e. The van der Waals surface area contributed by atoms with Crippen molar-refractivity contribution in [1.29, 1.82) is 0 Å². The Morgan fingerprint density at radius 1 is 1.05 bits per heavy atom. The fraction of sp³-hybridized carbons (Fsp3) is 0.276. The second-order valence-corrected chi connectivity index (χ2v) is 9.33. The van der Waals surface area contributed by atoms with E-state index >= 15 is 0 Å². The van der Waals surface area contributed by atoms with Crippen molar-refractivity contribution in [3.05, 3.63) is 95.7 Å². The lowest BCUT2D eigenvalue weighted by molar-refractivity contribution is -0.137. The summed E-state index contributed by atoms with van der Waals surface area (Å²) in [5, 5.41) is 3.87. The summed E-state index contributed by atoms with van der Waals surface area (Å²) in [6, 6.07) is 20.8. The van der Waals surface area contributed by atoms with Gasteiger partial charge in [0.2, 0.25) is 0 Å². The SMILES string of the molecule is O=C(Nc1c[nH]c2ccc(OCCc3ccc(C(F)(F)F)cc3)cc12)N1CCC[C@@H](c2ccccc2)C1. The minimum absolute atomic E-state index is 0.129. The fourth-order valence-corrected chi connectivity index (χ4v) is 4.79. The Kier molecular flexibility index (Phi) is 7.08. The number of ether oxygens (including phenoxy) is 1. The van der Waals surface area contributed by atoms with Crippen LogP contribution in [0.4, 0.5) is 23.7 Å². The average Bonchev–Trinajstić information content (AvgIpc) is 3.31. The molecule has 4 aromatic rings. The summed E-state index contributed by atoms with van der Waals surface area (Å²) in [7, 11) is 0. The van der Waals surface area contributed by atoms with Gasteiger partial charge in [-0.1, -0.05) is 42.5 Å². The molecule has 0 spiro atoms. The van der Waals surface area contributed by atoms with E-state index in [0.717, 1.165) is 48.0 Å². The third-order valence-corrected chi connectivity index (χ3v) is 6.82. The number of halogens is 3. The van der Waals surface area contributed by atoms with Crippen LogP contribution in [0.25, 0.3) is 10.9 Å². The fourth-order valence-electron chi connectivity index (χ4n) is 4.79. The van der Waals surface area contributed by atoms with Crippen LogP contribution in [0.1, 0.15) is 35.4 Å². The first-order valence-corrected chi connectivity index (χ1v) is 12.4. The van der Waals surface area contributed by atoms with Crippen LogP contribution in [0.2, 0.25) is 0 Å². The molecule has 5 rings (SSSR count). The molecule has 8 heteroatoms. The number of hydrogen-bond donors (Lipinski definition) is 2. The highest BCUT2D eigenvalue weighted by molar-refractivity contribution is 6.01. The van der Waals surface area contributed by atoms with Crippen molar-refractivity contribution < 1.29 is 22.7 Å². The predicted octanol–water partition coefficient (Wildman–Crippen LogP) is 7.22. The molecule has 1 fully saturated rings. The van der Waals surface area contributed by atoms with Crippen LogP contribution < -0.4 is 10.1 Å². The molecule has 5 nitrogen and oxygen atoms in total. The quantitative estimate of drug-likeness (QED) is 0.290. The Bertz CT molecular complexity index is 1350. The molecule has 0 unspecified atom stereocenters. The number of nitrogens with zero attached hydrogens (tertiary/aromatic N) is 1. The molecule has 1 aliphatic heterocycles. The summed E-state index contributed by atoms with van der Waals surface area (Å²) in [5.41, 5.74) is 2.90. The number of carbonyl (C=O) groups excluding carboxylic acids is 1. The van der Waals surface area contributed by atoms with E-state index in [1.165, 1.54) is 17.7 Å². The highest BCUT2D eigenvalue weighted by Gasteiger charge is 2.30. The smallest absolute Gasteiger partial charge is 0.416 e. The van der Waals surface area contributed by atoms with Gasteiger partial charge < -0.3 is 19.9 Å². The van der Waals surface area contributed by atoms with Crippen LogP contribution in [0, 0.1) is 0 Å². The van der Waals surface area contributed by atoms with Gasteiger partial charge in [-0.3, -0.25) is 0 Å². The number of aromatic nitrogens is 1. The summed E-state index contributed by atoms with van der Waals surface area (Å²) >= 11 is 0. The lowest BCUT2D eigenvalue weighted by Crippen LogP contribution is -2.41. The summed E-state index contributed by atoms with van der Waals surface area (Å²) in [6.07, 6.45) is -0.0742. The molecule has 37 heavy (non-hydrogen) atoms. The van der Waals surface area contributed by atoms with E-state index in [2.05, 4.69) is 22.4 Å². The number of rotatable bonds is 6. The van der Waals surface area contributed by atoms with E-state index in [-0.39, 0.29) is 6.03 Å². The van der Waals surface area contributed by atoms with Crippen molar-refractivity contribution in [2.75, 3.05) is 25.0 Å². The van der Waals surface area contributed by atoms with Gasteiger partial charge in [-0.2, -0.15) is 13.2 Å². The van der Waals surface area contributed by atoms with Crippen molar-refractivity contribution in [2.45, 2.75) is 31.4 Å². The first-order chi connectivity index (χ1) is 17.9. The zero-order valence-corrected chi connectivity index (χ0v) is 20.2. The molecule has 0 aliphatic carbocycles. The second kappa shape index (κ2) is 10.6. The average molecular weight is 508 g/mol. The van der Waals surface area contributed by atoms with Crippen LogP contribution in [0.15, 0.2) is 79.0 Å². The maximum Gasteiger partial charge on any atom is 0.416 e. The van der Waals surface area contributed by atoms with Crippen LogP contribution in [0.5, 0.6) is 5.75 Å². The molecule has 0 radical (unpaired) electrons. The summed E-state index contributed by atoms with van der Waals surface area (Å²) < 4.78 is 44.1. The van der Waals surface area contributed by atoms with Gasteiger partial charge in [0.25, 0.3) is 0 Å². The Morgan fingerprint density at radius 3 is 2.59 bits per heavy atom. The van der Waals surface area contributed by atoms with Crippen molar-refractivity contribution >= 4 is 22.6 Å². The number of alkyl halides is 3. The third-order valence-electron chi connectivity index (χ3n) is 6.82. The monoisotopic (exact) mass is 507 g/mol. The van der Waals surface area contributed by atoms with E-state index in [1.54, 1.807) is 6.20 Å². The lowest BCUT2D eigenvalue weighted by atomic mass is 9.91. The zero-order valence-electron chi connectivity index (χ0n) is 20.2. The van der Waals surface area contributed by atoms with E-state index in [9.17, 15) is 18.0 Å². The number of likely N-dealkylation sites (tertiary alicyclic amines) is 1. The normalized spacial score (nSPS) is 16.1. The minimum atomic E-state index is -4.34. The molecule has 0 bridgehead atoms. The third kappa shape index (κ3) is 5.90. The Labute approximate surface area is 213 Å². The highest BCUT2D eigenvalue weighted by atomic mass is 19.4. The maximum absolute atomic E-state index is 13.1. The Balaban J connectivity index is 1.20. The highest BCUT2D eigenvalue weighted by Crippen LogP contribution is 2.31. The second-order valence-electron chi connectivity index (χ2n) is 9.33. The number of aromatic amines is 1. The van der Waals surface area contributed by atoms with Gasteiger partial charge in [0.05, 0.1) is 17.9 Å². The number of H-pyrrole nitrogens is 1. The first-order valence-electron chi connectivity index (χ1n) is 12.4. The maximum atomic E-state index is 13.1. The van der Waals surface area contributed by atoms with Gasteiger partial charge in [-0.05, 0) is 54.3 Å². The molecule has 1 aromatic heterocycles.